The third kappa shape index (κ3) is 6.01. The number of sulfonamides is 1. The van der Waals surface area contributed by atoms with E-state index in [-0.39, 0.29) is 17.6 Å². The molecule has 2 aromatic rings. The fourth-order valence-electron chi connectivity index (χ4n) is 2.39. The van der Waals surface area contributed by atoms with E-state index < -0.39 is 10.0 Å². The zero-order valence-electron chi connectivity index (χ0n) is 15.0. The average Bonchev–Trinajstić information content (AvgIpc) is 2.59. The quantitative estimate of drug-likeness (QED) is 0.739. The molecule has 7 heteroatoms. The van der Waals surface area contributed by atoms with Gasteiger partial charge in [0.1, 0.15) is 0 Å². The van der Waals surface area contributed by atoms with Crippen molar-refractivity contribution in [1.82, 2.24) is 10.2 Å². The van der Waals surface area contributed by atoms with E-state index in [9.17, 15) is 8.42 Å². The third-order valence-electron chi connectivity index (χ3n) is 3.79. The molecule has 6 nitrogen and oxygen atoms in total. The van der Waals surface area contributed by atoms with Crippen molar-refractivity contribution in [2.45, 2.75) is 46.2 Å². The van der Waals surface area contributed by atoms with Crippen molar-refractivity contribution < 1.29 is 8.42 Å². The molecule has 0 radical (unpaired) electrons. The summed E-state index contributed by atoms with van der Waals surface area (Å²) in [7, 11) is -3.36. The second-order valence-corrected chi connectivity index (χ2v) is 8.10. The van der Waals surface area contributed by atoms with Crippen LogP contribution in [0.25, 0.3) is 0 Å². The molecule has 1 N–H and O–H groups in total. The van der Waals surface area contributed by atoms with Crippen molar-refractivity contribution in [2.75, 3.05) is 15.4 Å². The Balaban J connectivity index is 2.10. The van der Waals surface area contributed by atoms with Crippen LogP contribution < -0.4 is 9.62 Å². The average molecular weight is 362 g/mol. The van der Waals surface area contributed by atoms with Crippen LogP contribution in [0.3, 0.4) is 0 Å². The van der Waals surface area contributed by atoms with E-state index in [0.29, 0.717) is 6.42 Å². The van der Waals surface area contributed by atoms with Gasteiger partial charge in [-0.2, -0.15) is 0 Å². The molecule has 0 aliphatic carbocycles. The lowest BCUT2D eigenvalue weighted by Gasteiger charge is -2.27. The first-order valence-electron chi connectivity index (χ1n) is 8.56. The van der Waals surface area contributed by atoms with Crippen LogP contribution in [0.4, 0.5) is 11.6 Å². The normalized spacial score (nSPS) is 11.5. The number of nitrogens with one attached hydrogen (secondary N) is 1. The molecule has 1 heterocycles. The van der Waals surface area contributed by atoms with Gasteiger partial charge in [0, 0.05) is 12.6 Å². The fraction of sp³-hybridized carbons (Fsp3) is 0.444. The van der Waals surface area contributed by atoms with Crippen LogP contribution >= 0.6 is 0 Å². The topological polar surface area (TPSA) is 75.2 Å². The van der Waals surface area contributed by atoms with Gasteiger partial charge in [0.05, 0.1) is 5.75 Å². The Kier molecular flexibility index (Phi) is 6.75. The van der Waals surface area contributed by atoms with E-state index >= 15 is 0 Å². The van der Waals surface area contributed by atoms with Gasteiger partial charge >= 0.3 is 0 Å². The minimum absolute atomic E-state index is 0.0963. The summed E-state index contributed by atoms with van der Waals surface area (Å²) in [6.45, 7) is 6.85. The van der Waals surface area contributed by atoms with Gasteiger partial charge in [-0.25, -0.2) is 8.42 Å². The van der Waals surface area contributed by atoms with E-state index in [1.165, 1.54) is 5.56 Å². The molecule has 25 heavy (non-hydrogen) atoms. The number of rotatable bonds is 9. The summed E-state index contributed by atoms with van der Waals surface area (Å²) in [6, 6.07) is 13.8. The summed E-state index contributed by atoms with van der Waals surface area (Å²) < 4.78 is 26.4. The van der Waals surface area contributed by atoms with Crippen LogP contribution in [0, 0.1) is 0 Å². The monoisotopic (exact) mass is 362 g/mol. The molecule has 1 aromatic heterocycles. The second-order valence-electron chi connectivity index (χ2n) is 6.26. The lowest BCUT2D eigenvalue weighted by atomic mass is 10.2. The van der Waals surface area contributed by atoms with Gasteiger partial charge in [-0.3, -0.25) is 4.72 Å². The predicted octanol–water partition coefficient (Wildman–Crippen LogP) is 3.43. The first kappa shape index (κ1) is 19.2. The molecule has 0 aliphatic rings. The smallest absolute Gasteiger partial charge is 0.233 e. The van der Waals surface area contributed by atoms with Gasteiger partial charge in [0.25, 0.3) is 0 Å². The lowest BCUT2D eigenvalue weighted by molar-refractivity contribution is 0.597. The summed E-state index contributed by atoms with van der Waals surface area (Å²) in [5.74, 6) is 1.07. The number of aromatic nitrogens is 2. The molecule has 0 unspecified atom stereocenters. The van der Waals surface area contributed by atoms with Crippen molar-refractivity contribution in [1.29, 1.82) is 0 Å². The van der Waals surface area contributed by atoms with E-state index in [1.807, 2.05) is 25.1 Å². The maximum atomic E-state index is 11.9. The van der Waals surface area contributed by atoms with Crippen LogP contribution in [0.15, 0.2) is 42.5 Å². The molecule has 0 saturated heterocycles. The summed E-state index contributed by atoms with van der Waals surface area (Å²) in [5.41, 5.74) is 1.18. The first-order valence-corrected chi connectivity index (χ1v) is 10.2. The molecular formula is C18H26N4O2S. The number of anilines is 2. The number of hydrogen-bond donors (Lipinski definition) is 1. The molecule has 136 valence electrons. The van der Waals surface area contributed by atoms with Gasteiger partial charge in [0.2, 0.25) is 10.0 Å². The number of nitrogens with zero attached hydrogens (tertiary/aromatic N) is 3. The Morgan fingerprint density at radius 3 is 2.36 bits per heavy atom. The number of benzene rings is 1. The van der Waals surface area contributed by atoms with Gasteiger partial charge in [0.15, 0.2) is 11.6 Å². The molecule has 0 amide bonds. The largest absolute Gasteiger partial charge is 0.348 e. The summed E-state index contributed by atoms with van der Waals surface area (Å²) in [5, 5.41) is 8.24. The van der Waals surface area contributed by atoms with Crippen molar-refractivity contribution >= 4 is 21.7 Å². The summed E-state index contributed by atoms with van der Waals surface area (Å²) in [4.78, 5) is 2.12. The molecule has 0 atom stereocenters. The van der Waals surface area contributed by atoms with Crippen molar-refractivity contribution in [3.8, 4) is 0 Å². The number of unbranched alkanes of at least 4 members (excludes halogenated alkanes) is 1. The molecule has 1 aromatic carbocycles. The third-order valence-corrected chi connectivity index (χ3v) is 5.14. The van der Waals surface area contributed by atoms with Gasteiger partial charge in [-0.15, -0.1) is 10.2 Å². The van der Waals surface area contributed by atoms with E-state index in [2.05, 4.69) is 45.8 Å². The zero-order chi connectivity index (χ0) is 18.3. The summed E-state index contributed by atoms with van der Waals surface area (Å²) >= 11 is 0. The Morgan fingerprint density at radius 1 is 1.08 bits per heavy atom. The number of hydrogen-bond acceptors (Lipinski definition) is 5. The fourth-order valence-corrected chi connectivity index (χ4v) is 3.58. The van der Waals surface area contributed by atoms with Crippen LogP contribution in [0.5, 0.6) is 0 Å². The standard InChI is InChI=1S/C18H26N4O2S/c1-4-5-13-25(23,24)21-17-11-12-18(20-19-17)22(15(2)3)14-16-9-7-6-8-10-16/h6-12,15H,4-5,13-14H2,1-3H3,(H,19,21). The highest BCUT2D eigenvalue weighted by molar-refractivity contribution is 7.92. The molecule has 0 fully saturated rings. The lowest BCUT2D eigenvalue weighted by Crippen LogP contribution is -2.31. The van der Waals surface area contributed by atoms with Crippen LogP contribution in [-0.4, -0.2) is 30.4 Å². The van der Waals surface area contributed by atoms with Crippen molar-refractivity contribution in [2.24, 2.45) is 0 Å². The maximum Gasteiger partial charge on any atom is 0.233 e. The molecule has 0 saturated carbocycles. The summed E-state index contributed by atoms with van der Waals surface area (Å²) in [6.07, 6.45) is 1.45. The molecular weight excluding hydrogens is 336 g/mol. The van der Waals surface area contributed by atoms with Crippen LogP contribution in [0.1, 0.15) is 39.2 Å². The van der Waals surface area contributed by atoms with Gasteiger partial charge in [-0.1, -0.05) is 43.7 Å². The van der Waals surface area contributed by atoms with E-state index in [0.717, 1.165) is 18.8 Å². The molecule has 0 spiro atoms. The van der Waals surface area contributed by atoms with Gasteiger partial charge in [-0.05, 0) is 38.0 Å². The molecule has 0 aliphatic heterocycles. The van der Waals surface area contributed by atoms with E-state index in [4.69, 9.17) is 0 Å². The SMILES string of the molecule is CCCCS(=O)(=O)Nc1ccc(N(Cc2ccccc2)C(C)C)nn1. The predicted molar refractivity (Wildman–Crippen MR) is 102 cm³/mol. The Bertz CT molecular complexity index is 746. The van der Waals surface area contributed by atoms with E-state index in [1.54, 1.807) is 12.1 Å². The van der Waals surface area contributed by atoms with Crippen molar-refractivity contribution in [3.63, 3.8) is 0 Å². The second kappa shape index (κ2) is 8.80. The molecule has 0 bridgehead atoms. The highest BCUT2D eigenvalue weighted by Gasteiger charge is 2.15. The first-order chi connectivity index (χ1) is 11.9. The zero-order valence-corrected chi connectivity index (χ0v) is 15.8. The van der Waals surface area contributed by atoms with Crippen LogP contribution in [0.2, 0.25) is 0 Å². The Hall–Kier alpha value is -2.15. The maximum absolute atomic E-state index is 11.9. The highest BCUT2D eigenvalue weighted by atomic mass is 32.2. The minimum atomic E-state index is -3.36. The van der Waals surface area contributed by atoms with Crippen molar-refractivity contribution in [3.05, 3.63) is 48.0 Å². The Morgan fingerprint density at radius 2 is 1.80 bits per heavy atom. The highest BCUT2D eigenvalue weighted by Crippen LogP contribution is 2.18. The van der Waals surface area contributed by atoms with Gasteiger partial charge < -0.3 is 4.90 Å². The Labute approximate surface area is 150 Å². The molecule has 2 rings (SSSR count). The van der Waals surface area contributed by atoms with Crippen LogP contribution in [-0.2, 0) is 16.6 Å². The minimum Gasteiger partial charge on any atom is -0.348 e.